The molecule has 0 aliphatic rings. The second-order valence-corrected chi connectivity index (χ2v) is 3.95. The smallest absolute Gasteiger partial charge is 0.168 e. The van der Waals surface area contributed by atoms with Gasteiger partial charge in [-0.1, -0.05) is 13.0 Å². The zero-order valence-corrected chi connectivity index (χ0v) is 10.2. The molecule has 0 saturated carbocycles. The van der Waals surface area contributed by atoms with Gasteiger partial charge in [0.05, 0.1) is 5.69 Å². The van der Waals surface area contributed by atoms with E-state index in [1.807, 2.05) is 6.92 Å². The number of hydrogen-bond donors (Lipinski definition) is 1. The molecule has 1 aromatic heterocycles. The van der Waals surface area contributed by atoms with Crippen LogP contribution in [0.15, 0.2) is 18.2 Å². The van der Waals surface area contributed by atoms with Crippen LogP contribution in [0.3, 0.4) is 0 Å². The SMILES string of the molecule is CCc1nc(N)c(C)c(-c2cccc(F)c2F)n1. The van der Waals surface area contributed by atoms with Gasteiger partial charge in [0, 0.05) is 17.5 Å². The van der Waals surface area contributed by atoms with E-state index in [2.05, 4.69) is 9.97 Å². The molecule has 3 nitrogen and oxygen atoms in total. The predicted molar refractivity (Wildman–Crippen MR) is 65.9 cm³/mol. The highest BCUT2D eigenvalue weighted by atomic mass is 19.2. The first-order valence-corrected chi connectivity index (χ1v) is 5.62. The molecule has 0 saturated heterocycles. The standard InChI is InChI=1S/C13H13F2N3/c1-3-10-17-12(7(2)13(16)18-10)8-5-4-6-9(14)11(8)15/h4-6H,3H2,1-2H3,(H2,16,17,18). The number of rotatable bonds is 2. The average Bonchev–Trinajstić information content (AvgIpc) is 2.36. The monoisotopic (exact) mass is 249 g/mol. The molecule has 2 N–H and O–H groups in total. The van der Waals surface area contributed by atoms with Gasteiger partial charge in [0.15, 0.2) is 11.6 Å². The summed E-state index contributed by atoms with van der Waals surface area (Å²) in [5, 5.41) is 0. The summed E-state index contributed by atoms with van der Waals surface area (Å²) >= 11 is 0. The van der Waals surface area contributed by atoms with Crippen LogP contribution < -0.4 is 5.73 Å². The van der Waals surface area contributed by atoms with Crippen molar-refractivity contribution in [3.63, 3.8) is 0 Å². The Bertz CT molecular complexity index is 597. The van der Waals surface area contributed by atoms with Crippen LogP contribution >= 0.6 is 0 Å². The van der Waals surface area contributed by atoms with Gasteiger partial charge < -0.3 is 5.73 Å². The highest BCUT2D eigenvalue weighted by Crippen LogP contribution is 2.27. The Morgan fingerprint density at radius 2 is 1.94 bits per heavy atom. The fourth-order valence-corrected chi connectivity index (χ4v) is 1.69. The van der Waals surface area contributed by atoms with Crippen LogP contribution in [-0.2, 0) is 6.42 Å². The molecule has 1 aromatic carbocycles. The molecule has 1 heterocycles. The minimum Gasteiger partial charge on any atom is -0.383 e. The molecule has 94 valence electrons. The molecule has 0 amide bonds. The van der Waals surface area contributed by atoms with Crippen molar-refractivity contribution < 1.29 is 8.78 Å². The summed E-state index contributed by atoms with van der Waals surface area (Å²) in [6.07, 6.45) is 0.578. The normalized spacial score (nSPS) is 10.7. The fourth-order valence-electron chi connectivity index (χ4n) is 1.69. The van der Waals surface area contributed by atoms with Gasteiger partial charge in [-0.15, -0.1) is 0 Å². The van der Waals surface area contributed by atoms with Gasteiger partial charge in [-0.3, -0.25) is 0 Å². The van der Waals surface area contributed by atoms with E-state index >= 15 is 0 Å². The summed E-state index contributed by atoms with van der Waals surface area (Å²) in [7, 11) is 0. The molecule has 0 fully saturated rings. The first-order valence-electron chi connectivity index (χ1n) is 5.62. The number of nitrogen functional groups attached to an aromatic ring is 1. The molecule has 0 spiro atoms. The molecule has 2 aromatic rings. The van der Waals surface area contributed by atoms with Crippen LogP contribution in [0.5, 0.6) is 0 Å². The highest BCUT2D eigenvalue weighted by molar-refractivity contribution is 5.67. The maximum absolute atomic E-state index is 13.8. The molecule has 0 unspecified atom stereocenters. The number of halogens is 2. The van der Waals surface area contributed by atoms with Crippen LogP contribution in [0.1, 0.15) is 18.3 Å². The zero-order chi connectivity index (χ0) is 13.3. The van der Waals surface area contributed by atoms with Crippen molar-refractivity contribution in [1.29, 1.82) is 0 Å². The van der Waals surface area contributed by atoms with E-state index in [0.29, 0.717) is 29.3 Å². The quantitative estimate of drug-likeness (QED) is 0.890. The summed E-state index contributed by atoms with van der Waals surface area (Å²) in [5.41, 5.74) is 6.76. The largest absolute Gasteiger partial charge is 0.383 e. The Kier molecular flexibility index (Phi) is 3.23. The average molecular weight is 249 g/mol. The molecule has 0 bridgehead atoms. The molecule has 5 heteroatoms. The Labute approximate surface area is 104 Å². The molecule has 0 radical (unpaired) electrons. The van der Waals surface area contributed by atoms with Crippen molar-refractivity contribution in [2.75, 3.05) is 5.73 Å². The number of aromatic nitrogens is 2. The lowest BCUT2D eigenvalue weighted by molar-refractivity contribution is 0.511. The van der Waals surface area contributed by atoms with Crippen molar-refractivity contribution in [3.8, 4) is 11.3 Å². The Morgan fingerprint density at radius 3 is 2.61 bits per heavy atom. The van der Waals surface area contributed by atoms with Gasteiger partial charge in [0.25, 0.3) is 0 Å². The van der Waals surface area contributed by atoms with Gasteiger partial charge in [0.2, 0.25) is 0 Å². The molecule has 0 aliphatic heterocycles. The van der Waals surface area contributed by atoms with Crippen molar-refractivity contribution in [3.05, 3.63) is 41.2 Å². The van der Waals surface area contributed by atoms with Crippen LogP contribution in [0.2, 0.25) is 0 Å². The third kappa shape index (κ3) is 2.03. The second kappa shape index (κ2) is 4.68. The minimum absolute atomic E-state index is 0.108. The van der Waals surface area contributed by atoms with Gasteiger partial charge in [0.1, 0.15) is 11.6 Å². The molecule has 18 heavy (non-hydrogen) atoms. The number of nitrogens with zero attached hydrogens (tertiary/aromatic N) is 2. The van der Waals surface area contributed by atoms with Gasteiger partial charge in [-0.05, 0) is 19.1 Å². The number of anilines is 1. The second-order valence-electron chi connectivity index (χ2n) is 3.95. The number of nitrogens with two attached hydrogens (primary N) is 1. The van der Waals surface area contributed by atoms with E-state index in [-0.39, 0.29) is 5.56 Å². The summed E-state index contributed by atoms with van der Waals surface area (Å²) in [6, 6.07) is 3.99. The van der Waals surface area contributed by atoms with Crippen LogP contribution in [0.4, 0.5) is 14.6 Å². The van der Waals surface area contributed by atoms with Crippen molar-refractivity contribution in [2.45, 2.75) is 20.3 Å². The first-order chi connectivity index (χ1) is 8.54. The summed E-state index contributed by atoms with van der Waals surface area (Å²) in [4.78, 5) is 8.31. The lowest BCUT2D eigenvalue weighted by Crippen LogP contribution is -2.05. The van der Waals surface area contributed by atoms with E-state index in [1.54, 1.807) is 6.92 Å². The van der Waals surface area contributed by atoms with Crippen LogP contribution in [-0.4, -0.2) is 9.97 Å². The number of benzene rings is 1. The summed E-state index contributed by atoms with van der Waals surface area (Å²) in [6.45, 7) is 3.56. The van der Waals surface area contributed by atoms with Gasteiger partial charge in [-0.25, -0.2) is 18.7 Å². The van der Waals surface area contributed by atoms with E-state index in [9.17, 15) is 8.78 Å². The summed E-state index contributed by atoms with van der Waals surface area (Å²) < 4.78 is 27.0. The molecule has 0 aliphatic carbocycles. The van der Waals surface area contributed by atoms with Crippen molar-refractivity contribution in [1.82, 2.24) is 9.97 Å². The van der Waals surface area contributed by atoms with Crippen molar-refractivity contribution >= 4 is 5.82 Å². The van der Waals surface area contributed by atoms with Gasteiger partial charge >= 0.3 is 0 Å². The molecule has 2 rings (SSSR count). The fraction of sp³-hybridized carbons (Fsp3) is 0.231. The maximum atomic E-state index is 13.8. The number of aryl methyl sites for hydroxylation is 1. The summed E-state index contributed by atoms with van der Waals surface area (Å²) in [5.74, 6) is -1.01. The third-order valence-electron chi connectivity index (χ3n) is 2.75. The van der Waals surface area contributed by atoms with E-state index in [0.717, 1.165) is 6.07 Å². The Morgan fingerprint density at radius 1 is 1.22 bits per heavy atom. The van der Waals surface area contributed by atoms with Crippen molar-refractivity contribution in [2.24, 2.45) is 0 Å². The maximum Gasteiger partial charge on any atom is 0.168 e. The van der Waals surface area contributed by atoms with E-state index in [1.165, 1.54) is 12.1 Å². The topological polar surface area (TPSA) is 51.8 Å². The van der Waals surface area contributed by atoms with Gasteiger partial charge in [-0.2, -0.15) is 0 Å². The Hall–Kier alpha value is -2.04. The first kappa shape index (κ1) is 12.4. The zero-order valence-electron chi connectivity index (χ0n) is 10.2. The number of hydrogen-bond acceptors (Lipinski definition) is 3. The Balaban J connectivity index is 2.70. The minimum atomic E-state index is -0.916. The van der Waals surface area contributed by atoms with Crippen LogP contribution in [0.25, 0.3) is 11.3 Å². The lowest BCUT2D eigenvalue weighted by atomic mass is 10.1. The lowest BCUT2D eigenvalue weighted by Gasteiger charge is -2.10. The molecule has 0 atom stereocenters. The predicted octanol–water partition coefficient (Wildman–Crippen LogP) is 2.87. The highest BCUT2D eigenvalue weighted by Gasteiger charge is 2.15. The third-order valence-corrected chi connectivity index (χ3v) is 2.75. The van der Waals surface area contributed by atoms with E-state index < -0.39 is 11.6 Å². The van der Waals surface area contributed by atoms with E-state index in [4.69, 9.17) is 5.73 Å². The molecular weight excluding hydrogens is 236 g/mol. The van der Waals surface area contributed by atoms with Crippen LogP contribution in [0, 0.1) is 18.6 Å². The molecular formula is C13H13F2N3.